The molecule has 138 valence electrons. The van der Waals surface area contributed by atoms with E-state index in [1.54, 1.807) is 36.4 Å². The molecule has 0 bridgehead atoms. The molecular weight excluding hydrogens is 362 g/mol. The number of hydrogen-bond donors (Lipinski definition) is 0. The first-order valence-electron chi connectivity index (χ1n) is 8.03. The molecule has 28 heavy (non-hydrogen) atoms. The minimum absolute atomic E-state index is 0.0297. The van der Waals surface area contributed by atoms with Crippen LogP contribution in [0.5, 0.6) is 11.5 Å². The molecule has 0 atom stereocenters. The number of non-ortho nitro benzene ring substituents is 1. The first-order chi connectivity index (χ1) is 13.5. The first kappa shape index (κ1) is 18.5. The summed E-state index contributed by atoms with van der Waals surface area (Å²) in [5.41, 5.74) is 0.387. The second kappa shape index (κ2) is 7.97. The van der Waals surface area contributed by atoms with Crippen LogP contribution in [0.1, 0.15) is 5.56 Å². The fourth-order valence-electron chi connectivity index (χ4n) is 2.53. The molecule has 0 amide bonds. The fraction of sp³-hybridized carbons (Fsp3) is 0.0500. The van der Waals surface area contributed by atoms with E-state index in [1.807, 2.05) is 0 Å². The summed E-state index contributed by atoms with van der Waals surface area (Å²) < 4.78 is 10.4. The number of pyridine rings is 1. The van der Waals surface area contributed by atoms with Gasteiger partial charge in [-0.15, -0.1) is 0 Å². The number of nitro groups is 1. The van der Waals surface area contributed by atoms with Gasteiger partial charge in [0.15, 0.2) is 5.75 Å². The molecule has 0 saturated heterocycles. The van der Waals surface area contributed by atoms with Gasteiger partial charge in [0.25, 0.3) is 5.69 Å². The van der Waals surface area contributed by atoms with E-state index in [9.17, 15) is 20.2 Å². The maximum atomic E-state index is 12.4. The summed E-state index contributed by atoms with van der Waals surface area (Å²) in [6.07, 6.45) is 2.81. The average molecular weight is 375 g/mol. The molecule has 0 aliphatic heterocycles. The Morgan fingerprint density at radius 3 is 2.61 bits per heavy atom. The number of methoxy groups -OCH3 is 1. The summed E-state index contributed by atoms with van der Waals surface area (Å²) in [7, 11) is 1.53. The summed E-state index contributed by atoms with van der Waals surface area (Å²) in [6.45, 7) is 0. The van der Waals surface area contributed by atoms with Crippen molar-refractivity contribution in [1.82, 2.24) is 4.98 Å². The highest BCUT2D eigenvalue weighted by Crippen LogP contribution is 2.31. The van der Waals surface area contributed by atoms with Crippen molar-refractivity contribution in [3.63, 3.8) is 0 Å². The van der Waals surface area contributed by atoms with Crippen LogP contribution in [0.15, 0.2) is 60.3 Å². The van der Waals surface area contributed by atoms with E-state index in [4.69, 9.17) is 9.47 Å². The van der Waals surface area contributed by atoms with Gasteiger partial charge in [0.1, 0.15) is 22.9 Å². The van der Waals surface area contributed by atoms with E-state index in [0.29, 0.717) is 11.3 Å². The van der Waals surface area contributed by atoms with Crippen molar-refractivity contribution in [3.8, 4) is 17.6 Å². The highest BCUT2D eigenvalue weighted by Gasteiger charge is 2.19. The summed E-state index contributed by atoms with van der Waals surface area (Å²) in [6, 6.07) is 14.1. The van der Waals surface area contributed by atoms with Crippen molar-refractivity contribution in [1.29, 1.82) is 5.26 Å². The van der Waals surface area contributed by atoms with Crippen LogP contribution in [0.3, 0.4) is 0 Å². The van der Waals surface area contributed by atoms with Crippen molar-refractivity contribution in [2.75, 3.05) is 7.11 Å². The lowest BCUT2D eigenvalue weighted by Gasteiger charge is -2.07. The maximum Gasteiger partial charge on any atom is 0.354 e. The molecule has 0 radical (unpaired) electrons. The number of aromatic nitrogens is 1. The van der Waals surface area contributed by atoms with Crippen molar-refractivity contribution in [3.05, 3.63) is 76.0 Å². The average Bonchev–Trinajstić information content (AvgIpc) is 2.72. The molecule has 8 nitrogen and oxygen atoms in total. The van der Waals surface area contributed by atoms with Crippen LogP contribution in [0, 0.1) is 21.4 Å². The molecule has 0 saturated carbocycles. The van der Waals surface area contributed by atoms with Gasteiger partial charge in [0, 0.05) is 12.3 Å². The van der Waals surface area contributed by atoms with Crippen molar-refractivity contribution in [2.45, 2.75) is 0 Å². The zero-order valence-corrected chi connectivity index (χ0v) is 14.7. The van der Waals surface area contributed by atoms with Gasteiger partial charge in [0.2, 0.25) is 0 Å². The number of ether oxygens (including phenoxy) is 2. The van der Waals surface area contributed by atoms with Gasteiger partial charge in [-0.05, 0) is 42.0 Å². The summed E-state index contributed by atoms with van der Waals surface area (Å²) in [5.74, 6) is -0.220. The number of hydrogen-bond acceptors (Lipinski definition) is 7. The van der Waals surface area contributed by atoms with E-state index in [2.05, 4.69) is 4.98 Å². The molecule has 1 heterocycles. The number of fused-ring (bicyclic) bond motifs is 1. The topological polar surface area (TPSA) is 115 Å². The Kier molecular flexibility index (Phi) is 5.28. The molecule has 8 heteroatoms. The molecule has 1 aromatic heterocycles. The highest BCUT2D eigenvalue weighted by atomic mass is 16.6. The minimum atomic E-state index is -0.890. The molecule has 2 aromatic carbocycles. The lowest BCUT2D eigenvalue weighted by atomic mass is 10.1. The van der Waals surface area contributed by atoms with Crippen molar-refractivity contribution >= 4 is 28.6 Å². The standard InChI is InChI=1S/C20H13N3O5/c1-27-15-6-4-13(5-7-15)11-14(12-21)20(24)28-18-9-8-17(23(25)26)16-3-2-10-22-19(16)18/h2-11H,1H3/b14-11+. The summed E-state index contributed by atoms with van der Waals surface area (Å²) in [5, 5.41) is 20.7. The van der Waals surface area contributed by atoms with Crippen LogP contribution >= 0.6 is 0 Å². The van der Waals surface area contributed by atoms with Crippen LogP contribution in [0.4, 0.5) is 5.69 Å². The Bertz CT molecular complexity index is 1130. The second-order valence-electron chi connectivity index (χ2n) is 5.57. The van der Waals surface area contributed by atoms with Crippen molar-refractivity contribution in [2.24, 2.45) is 0 Å². The van der Waals surface area contributed by atoms with Crippen molar-refractivity contribution < 1.29 is 19.2 Å². The highest BCUT2D eigenvalue weighted by molar-refractivity contribution is 6.01. The van der Waals surface area contributed by atoms with Gasteiger partial charge in [-0.3, -0.25) is 15.1 Å². The largest absolute Gasteiger partial charge is 0.497 e. The van der Waals surface area contributed by atoms with Gasteiger partial charge in [-0.2, -0.15) is 5.26 Å². The smallest absolute Gasteiger partial charge is 0.354 e. The molecule has 0 N–H and O–H groups in total. The number of nitriles is 1. The second-order valence-corrected chi connectivity index (χ2v) is 5.57. The molecule has 0 aliphatic rings. The Labute approximate surface area is 159 Å². The molecule has 0 aliphatic carbocycles. The minimum Gasteiger partial charge on any atom is -0.497 e. The Morgan fingerprint density at radius 2 is 1.96 bits per heavy atom. The first-order valence-corrected chi connectivity index (χ1v) is 8.03. The Hall–Kier alpha value is -4.25. The lowest BCUT2D eigenvalue weighted by molar-refractivity contribution is -0.383. The number of esters is 1. The molecule has 0 fully saturated rings. The zero-order valence-electron chi connectivity index (χ0n) is 14.7. The Morgan fingerprint density at radius 1 is 1.21 bits per heavy atom. The van der Waals surface area contributed by atoms with E-state index in [1.165, 1.54) is 37.6 Å². The number of benzene rings is 2. The maximum absolute atomic E-state index is 12.4. The molecule has 0 spiro atoms. The van der Waals surface area contributed by atoms with Crippen LogP contribution in [-0.4, -0.2) is 23.0 Å². The van der Waals surface area contributed by atoms with E-state index in [0.717, 1.165) is 0 Å². The Balaban J connectivity index is 1.93. The predicted octanol–water partition coefficient (Wildman–Crippen LogP) is 3.66. The third kappa shape index (κ3) is 3.78. The van der Waals surface area contributed by atoms with Crippen LogP contribution in [0.2, 0.25) is 0 Å². The zero-order chi connectivity index (χ0) is 20.1. The van der Waals surface area contributed by atoms with E-state index >= 15 is 0 Å². The third-order valence-electron chi connectivity index (χ3n) is 3.88. The number of nitrogens with zero attached hydrogens (tertiary/aromatic N) is 3. The molecule has 3 rings (SSSR count). The number of rotatable bonds is 5. The summed E-state index contributed by atoms with van der Waals surface area (Å²) in [4.78, 5) is 27.1. The van der Waals surface area contributed by atoms with Crippen LogP contribution in [-0.2, 0) is 4.79 Å². The monoisotopic (exact) mass is 375 g/mol. The molecule has 0 unspecified atom stereocenters. The number of nitro benzene ring substituents is 1. The fourth-order valence-corrected chi connectivity index (χ4v) is 2.53. The van der Waals surface area contributed by atoms with Gasteiger partial charge in [-0.25, -0.2) is 4.79 Å². The van der Waals surface area contributed by atoms with Gasteiger partial charge in [-0.1, -0.05) is 12.1 Å². The van der Waals surface area contributed by atoms with Crippen LogP contribution < -0.4 is 9.47 Å². The number of carbonyl (C=O) groups excluding carboxylic acids is 1. The van der Waals surface area contributed by atoms with Gasteiger partial charge >= 0.3 is 5.97 Å². The summed E-state index contributed by atoms with van der Waals surface area (Å²) >= 11 is 0. The normalized spacial score (nSPS) is 10.9. The third-order valence-corrected chi connectivity index (χ3v) is 3.88. The van der Waals surface area contributed by atoms with E-state index < -0.39 is 10.9 Å². The quantitative estimate of drug-likeness (QED) is 0.167. The molecule has 3 aromatic rings. The van der Waals surface area contributed by atoms with Gasteiger partial charge in [0.05, 0.1) is 17.4 Å². The SMILES string of the molecule is COc1ccc(/C=C(\C#N)C(=O)Oc2ccc([N+](=O)[O-])c3cccnc23)cc1. The molecular formula is C20H13N3O5. The number of carbonyl (C=O) groups is 1. The van der Waals surface area contributed by atoms with E-state index in [-0.39, 0.29) is 27.9 Å². The van der Waals surface area contributed by atoms with Crippen LogP contribution in [0.25, 0.3) is 17.0 Å². The van der Waals surface area contributed by atoms with Gasteiger partial charge < -0.3 is 9.47 Å². The lowest BCUT2D eigenvalue weighted by Crippen LogP contribution is -2.11. The predicted molar refractivity (Wildman–Crippen MR) is 101 cm³/mol.